The highest BCUT2D eigenvalue weighted by atomic mass is 16.7. The second-order valence-electron chi connectivity index (χ2n) is 5.68. The number of guanidine groups is 1. The van der Waals surface area contributed by atoms with Crippen LogP contribution in [0.3, 0.4) is 0 Å². The van der Waals surface area contributed by atoms with Gasteiger partial charge >= 0.3 is 0 Å². The second-order valence-corrected chi connectivity index (χ2v) is 5.68. The number of aliphatic imine (C=N–C) groups is 1. The molecule has 0 amide bonds. The van der Waals surface area contributed by atoms with E-state index in [-0.39, 0.29) is 0 Å². The van der Waals surface area contributed by atoms with E-state index in [0.717, 1.165) is 63.0 Å². The van der Waals surface area contributed by atoms with Gasteiger partial charge in [0.1, 0.15) is 0 Å². The van der Waals surface area contributed by atoms with Crippen molar-refractivity contribution < 1.29 is 14.2 Å². The first-order chi connectivity index (χ1) is 11.8. The van der Waals surface area contributed by atoms with E-state index in [1.807, 2.05) is 12.1 Å². The van der Waals surface area contributed by atoms with Gasteiger partial charge in [0.25, 0.3) is 0 Å². The smallest absolute Gasteiger partial charge is 0.231 e. The summed E-state index contributed by atoms with van der Waals surface area (Å²) in [6, 6.07) is 6.07. The summed E-state index contributed by atoms with van der Waals surface area (Å²) in [5.41, 5.74) is 1.21. The average molecular weight is 335 g/mol. The van der Waals surface area contributed by atoms with Gasteiger partial charge in [-0.05, 0) is 37.0 Å². The van der Waals surface area contributed by atoms with Crippen LogP contribution in [0, 0.1) is 0 Å². The molecule has 0 bridgehead atoms. The third-order valence-electron chi connectivity index (χ3n) is 3.77. The molecule has 134 valence electrons. The van der Waals surface area contributed by atoms with E-state index in [1.54, 1.807) is 7.05 Å². The highest BCUT2D eigenvalue weighted by molar-refractivity contribution is 5.79. The number of rotatable bonds is 10. The normalized spacial score (nSPS) is 13.2. The minimum absolute atomic E-state index is 0.315. The molecule has 1 aliphatic rings. The van der Waals surface area contributed by atoms with Crippen LogP contribution in [0.1, 0.15) is 31.7 Å². The first kappa shape index (κ1) is 18.4. The summed E-state index contributed by atoms with van der Waals surface area (Å²) in [5, 5.41) is 6.63. The Balaban J connectivity index is 1.58. The predicted octanol–water partition coefficient (Wildman–Crippen LogP) is 2.33. The molecular weight excluding hydrogens is 306 g/mol. The lowest BCUT2D eigenvalue weighted by molar-refractivity contribution is 0.129. The van der Waals surface area contributed by atoms with Gasteiger partial charge in [0.05, 0.1) is 0 Å². The van der Waals surface area contributed by atoms with Crippen molar-refractivity contribution in [2.24, 2.45) is 4.99 Å². The molecule has 0 atom stereocenters. The van der Waals surface area contributed by atoms with Crippen molar-refractivity contribution in [1.82, 2.24) is 10.6 Å². The number of unbranched alkanes of at least 4 members (excludes halogenated alkanes) is 1. The van der Waals surface area contributed by atoms with Crippen LogP contribution in [0.4, 0.5) is 0 Å². The summed E-state index contributed by atoms with van der Waals surface area (Å²) in [5.74, 6) is 2.48. The van der Waals surface area contributed by atoms with Gasteiger partial charge in [-0.25, -0.2) is 0 Å². The minimum Gasteiger partial charge on any atom is -0.454 e. The fourth-order valence-corrected chi connectivity index (χ4v) is 2.37. The molecule has 0 saturated carbocycles. The van der Waals surface area contributed by atoms with Crippen molar-refractivity contribution in [2.75, 3.05) is 40.1 Å². The van der Waals surface area contributed by atoms with Crippen molar-refractivity contribution in [3.63, 3.8) is 0 Å². The molecule has 0 aliphatic carbocycles. The molecule has 2 N–H and O–H groups in total. The number of hydrogen-bond acceptors (Lipinski definition) is 4. The van der Waals surface area contributed by atoms with Crippen LogP contribution in [-0.4, -0.2) is 46.1 Å². The molecule has 2 rings (SSSR count). The Morgan fingerprint density at radius 2 is 1.92 bits per heavy atom. The van der Waals surface area contributed by atoms with E-state index in [4.69, 9.17) is 14.2 Å². The standard InChI is InChI=1S/C18H29N3O3/c1-3-4-11-22-12-5-9-20-18(19-2)21-10-8-15-6-7-16-17(13-15)24-14-23-16/h6-7,13H,3-5,8-12,14H2,1-2H3,(H2,19,20,21). The molecule has 6 nitrogen and oxygen atoms in total. The Labute approximate surface area is 144 Å². The number of nitrogens with zero attached hydrogens (tertiary/aromatic N) is 1. The molecule has 0 fully saturated rings. The lowest BCUT2D eigenvalue weighted by Gasteiger charge is -2.12. The maximum atomic E-state index is 5.54. The summed E-state index contributed by atoms with van der Waals surface area (Å²) >= 11 is 0. The molecule has 0 saturated heterocycles. The molecule has 0 spiro atoms. The van der Waals surface area contributed by atoms with Crippen LogP contribution in [0.2, 0.25) is 0 Å². The Bertz CT molecular complexity index is 520. The van der Waals surface area contributed by atoms with Crippen molar-refractivity contribution in [3.05, 3.63) is 23.8 Å². The van der Waals surface area contributed by atoms with Crippen LogP contribution < -0.4 is 20.1 Å². The van der Waals surface area contributed by atoms with Crippen LogP contribution in [0.5, 0.6) is 11.5 Å². The Morgan fingerprint density at radius 3 is 2.75 bits per heavy atom. The zero-order valence-electron chi connectivity index (χ0n) is 14.8. The molecule has 6 heteroatoms. The van der Waals surface area contributed by atoms with E-state index in [9.17, 15) is 0 Å². The number of hydrogen-bond donors (Lipinski definition) is 2. The molecule has 24 heavy (non-hydrogen) atoms. The van der Waals surface area contributed by atoms with Gasteiger partial charge < -0.3 is 24.8 Å². The Kier molecular flexibility index (Phi) is 8.24. The quantitative estimate of drug-likeness (QED) is 0.390. The van der Waals surface area contributed by atoms with Gasteiger partial charge in [-0.3, -0.25) is 4.99 Å². The molecular formula is C18H29N3O3. The summed E-state index contributed by atoms with van der Waals surface area (Å²) in [4.78, 5) is 4.23. The summed E-state index contributed by atoms with van der Waals surface area (Å²) in [6.45, 7) is 5.81. The number of fused-ring (bicyclic) bond motifs is 1. The number of benzene rings is 1. The van der Waals surface area contributed by atoms with Crippen LogP contribution in [0.15, 0.2) is 23.2 Å². The van der Waals surface area contributed by atoms with E-state index < -0.39 is 0 Å². The molecule has 0 unspecified atom stereocenters. The molecule has 0 aromatic heterocycles. The highest BCUT2D eigenvalue weighted by Crippen LogP contribution is 2.32. The van der Waals surface area contributed by atoms with E-state index in [1.165, 1.54) is 12.0 Å². The maximum absolute atomic E-state index is 5.54. The topological polar surface area (TPSA) is 64.1 Å². The monoisotopic (exact) mass is 335 g/mol. The largest absolute Gasteiger partial charge is 0.454 e. The van der Waals surface area contributed by atoms with E-state index >= 15 is 0 Å². The Morgan fingerprint density at radius 1 is 1.12 bits per heavy atom. The molecule has 0 radical (unpaired) electrons. The fraction of sp³-hybridized carbons (Fsp3) is 0.611. The van der Waals surface area contributed by atoms with Gasteiger partial charge in [-0.15, -0.1) is 0 Å². The van der Waals surface area contributed by atoms with Crippen molar-refractivity contribution in [2.45, 2.75) is 32.6 Å². The Hall–Kier alpha value is -1.95. The van der Waals surface area contributed by atoms with Crippen LogP contribution in [-0.2, 0) is 11.2 Å². The van der Waals surface area contributed by atoms with Crippen molar-refractivity contribution in [3.8, 4) is 11.5 Å². The molecule has 1 aliphatic heterocycles. The lowest BCUT2D eigenvalue weighted by Crippen LogP contribution is -2.39. The highest BCUT2D eigenvalue weighted by Gasteiger charge is 2.12. The lowest BCUT2D eigenvalue weighted by atomic mass is 10.1. The van der Waals surface area contributed by atoms with Gasteiger partial charge in [0.2, 0.25) is 6.79 Å². The minimum atomic E-state index is 0.315. The summed E-state index contributed by atoms with van der Waals surface area (Å²) in [6.07, 6.45) is 4.19. The first-order valence-electron chi connectivity index (χ1n) is 8.74. The fourth-order valence-electron chi connectivity index (χ4n) is 2.37. The second kappa shape index (κ2) is 10.8. The average Bonchev–Trinajstić information content (AvgIpc) is 3.07. The van der Waals surface area contributed by atoms with Crippen molar-refractivity contribution >= 4 is 5.96 Å². The van der Waals surface area contributed by atoms with E-state index in [0.29, 0.717) is 6.79 Å². The summed E-state index contributed by atoms with van der Waals surface area (Å²) < 4.78 is 16.3. The molecule has 1 aromatic carbocycles. The number of ether oxygens (including phenoxy) is 3. The maximum Gasteiger partial charge on any atom is 0.231 e. The zero-order chi connectivity index (χ0) is 17.0. The van der Waals surface area contributed by atoms with Crippen LogP contribution in [0.25, 0.3) is 0 Å². The van der Waals surface area contributed by atoms with E-state index in [2.05, 4.69) is 28.6 Å². The van der Waals surface area contributed by atoms with Gasteiger partial charge in [0.15, 0.2) is 17.5 Å². The van der Waals surface area contributed by atoms with Crippen LogP contribution >= 0.6 is 0 Å². The first-order valence-corrected chi connectivity index (χ1v) is 8.74. The third-order valence-corrected chi connectivity index (χ3v) is 3.77. The summed E-state index contributed by atoms with van der Waals surface area (Å²) in [7, 11) is 1.79. The van der Waals surface area contributed by atoms with Gasteiger partial charge in [0, 0.05) is 33.4 Å². The predicted molar refractivity (Wildman–Crippen MR) is 96.0 cm³/mol. The van der Waals surface area contributed by atoms with Gasteiger partial charge in [-0.1, -0.05) is 19.4 Å². The SMILES string of the molecule is CCCCOCCCNC(=NC)NCCc1ccc2c(c1)OCO2. The molecule has 1 aromatic rings. The number of nitrogens with one attached hydrogen (secondary N) is 2. The van der Waals surface area contributed by atoms with Crippen molar-refractivity contribution in [1.29, 1.82) is 0 Å². The molecule has 1 heterocycles. The third kappa shape index (κ3) is 6.28. The zero-order valence-corrected chi connectivity index (χ0v) is 14.8. The van der Waals surface area contributed by atoms with Gasteiger partial charge in [-0.2, -0.15) is 0 Å².